The Bertz CT molecular complexity index is 99.0. The summed E-state index contributed by atoms with van der Waals surface area (Å²) in [5.74, 6) is 0.292. The van der Waals surface area contributed by atoms with Crippen LogP contribution in [0.15, 0.2) is 0 Å². The van der Waals surface area contributed by atoms with Crippen LogP contribution in [0.25, 0.3) is 0 Å². The van der Waals surface area contributed by atoms with Crippen molar-refractivity contribution < 1.29 is 29.7 Å². The predicted molar refractivity (Wildman–Crippen MR) is 32.7 cm³/mol. The van der Waals surface area contributed by atoms with Crippen molar-refractivity contribution in [3.05, 3.63) is 0 Å². The molecule has 0 radical (unpaired) electrons. The number of likely N-dealkylation sites (tertiary alicyclic amines) is 1. The van der Waals surface area contributed by atoms with Crippen LogP contribution in [0.2, 0.25) is 0 Å². The normalized spacial score (nSPS) is 17.3. The van der Waals surface area contributed by atoms with Crippen LogP contribution >= 0.6 is 8.25 Å². The van der Waals surface area contributed by atoms with Crippen LogP contribution < -0.4 is 0 Å². The van der Waals surface area contributed by atoms with Gasteiger partial charge in [0.25, 0.3) is 0 Å². The zero-order chi connectivity index (χ0) is 7.28. The fraction of sp³-hybridized carbons (Fsp3) is 0.800. The number of hydrogen-bond donors (Lipinski definition) is 0. The molecule has 1 aliphatic heterocycles. The minimum atomic E-state index is 0.292. The van der Waals surface area contributed by atoms with Crippen molar-refractivity contribution in [3.63, 3.8) is 0 Å². The monoisotopic (exact) mass is 336 g/mol. The second-order valence-electron chi connectivity index (χ2n) is 1.92. The Morgan fingerprint density at radius 2 is 2.22 bits per heavy atom. The van der Waals surface area contributed by atoms with E-state index in [0.29, 0.717) is 30.8 Å². The van der Waals surface area contributed by atoms with Crippen LogP contribution in [0.4, 0.5) is 0 Å². The molecule has 1 aliphatic rings. The molecule has 0 aliphatic carbocycles. The Morgan fingerprint density at radius 1 is 1.67 bits per heavy atom. The predicted octanol–water partition coefficient (Wildman–Crippen LogP) is 0.926. The fourth-order valence-corrected chi connectivity index (χ4v) is 0.783. The number of hydrogen-bond acceptors (Lipinski definition) is 1. The summed E-state index contributed by atoms with van der Waals surface area (Å²) >= 11 is 0.500. The molecule has 1 rings (SSSR count). The summed E-state index contributed by atoms with van der Waals surface area (Å²) in [6.07, 6.45) is 1.81. The molecule has 1 saturated heterocycles. The summed E-state index contributed by atoms with van der Waals surface area (Å²) in [4.78, 5) is 12.3. The van der Waals surface area contributed by atoms with Crippen LogP contribution in [0.3, 0.4) is 0 Å². The maximum absolute atomic E-state index is 10.5. The molecule has 0 aromatic heterocycles. The average molecular weight is 335 g/mol. The van der Waals surface area contributed by atoms with Gasteiger partial charge in [0.15, 0.2) is 0 Å². The van der Waals surface area contributed by atoms with E-state index in [0.717, 1.165) is 19.4 Å². The van der Waals surface area contributed by atoms with E-state index in [-0.39, 0.29) is 0 Å². The molecule has 1 amide bonds. The molecule has 1 heterocycles. The molecular weight excluding hydrogens is 326 g/mol. The quantitative estimate of drug-likeness (QED) is 0.603. The van der Waals surface area contributed by atoms with Gasteiger partial charge in [-0.2, -0.15) is 0 Å². The van der Waals surface area contributed by atoms with Gasteiger partial charge in [0.2, 0.25) is 5.91 Å². The summed E-state index contributed by atoms with van der Waals surface area (Å²) in [6, 6.07) is 0. The zero-order valence-corrected chi connectivity index (χ0v) is 11.8. The number of halogens is 1. The summed E-state index contributed by atoms with van der Waals surface area (Å²) in [6.45, 7) is 0.957. The summed E-state index contributed by atoms with van der Waals surface area (Å²) in [5.41, 5.74) is 0. The molecule has 49 valence electrons. The van der Waals surface area contributed by atoms with Gasteiger partial charge in [0.05, 0.1) is 0 Å². The molecule has 0 bridgehead atoms. The van der Waals surface area contributed by atoms with Crippen LogP contribution in [-0.2, 0) is 29.7 Å². The van der Waals surface area contributed by atoms with Crippen molar-refractivity contribution in [2.75, 3.05) is 13.6 Å². The molecule has 0 unspecified atom stereocenters. The van der Waals surface area contributed by atoms with Gasteiger partial charge >= 0.3 is 33.1 Å². The van der Waals surface area contributed by atoms with Gasteiger partial charge in [0, 0.05) is 20.0 Å². The van der Waals surface area contributed by atoms with Gasteiger partial charge in [-0.1, -0.05) is 0 Å². The van der Waals surface area contributed by atoms with Gasteiger partial charge in [0.1, 0.15) is 0 Å². The van der Waals surface area contributed by atoms with E-state index in [1.165, 1.54) is 0 Å². The van der Waals surface area contributed by atoms with Crippen molar-refractivity contribution >= 4 is 14.2 Å². The first-order valence-electron chi connectivity index (χ1n) is 2.81. The number of nitrogens with zero attached hydrogens (tertiary/aromatic N) is 1. The fourth-order valence-electron chi connectivity index (χ4n) is 0.783. The zero-order valence-electron chi connectivity index (χ0n) is 5.56. The molecule has 0 N–H and O–H groups in total. The third kappa shape index (κ3) is 3.41. The maximum atomic E-state index is 10.5. The van der Waals surface area contributed by atoms with Crippen molar-refractivity contribution in [2.45, 2.75) is 12.8 Å². The number of carbonyl (C=O) groups excluding carboxylic acids is 1. The van der Waals surface area contributed by atoms with E-state index < -0.39 is 0 Å². The van der Waals surface area contributed by atoms with Gasteiger partial charge in [-0.25, -0.2) is 0 Å². The summed E-state index contributed by atoms with van der Waals surface area (Å²) < 4.78 is 0. The molecule has 0 spiro atoms. The van der Waals surface area contributed by atoms with Crippen molar-refractivity contribution in [1.29, 1.82) is 0 Å². The van der Waals surface area contributed by atoms with E-state index in [4.69, 9.17) is 8.25 Å². The third-order valence-corrected chi connectivity index (χ3v) is 1.31. The topological polar surface area (TPSA) is 20.3 Å². The Labute approximate surface area is 75.0 Å². The van der Waals surface area contributed by atoms with Crippen molar-refractivity contribution in [2.24, 2.45) is 0 Å². The molecule has 0 saturated carbocycles. The van der Waals surface area contributed by atoms with Gasteiger partial charge in [-0.15, -0.1) is 0 Å². The van der Waals surface area contributed by atoms with Gasteiger partial charge in [-0.3, -0.25) is 4.79 Å². The van der Waals surface area contributed by atoms with Crippen molar-refractivity contribution in [3.8, 4) is 0 Å². The van der Waals surface area contributed by atoms with E-state index in [1.54, 1.807) is 4.90 Å². The number of amides is 1. The molecule has 9 heavy (non-hydrogen) atoms. The van der Waals surface area contributed by atoms with E-state index in [2.05, 4.69) is 0 Å². The Balaban J connectivity index is 0.000000291. The number of carbonyl (C=O) groups is 1. The number of rotatable bonds is 0. The van der Waals surface area contributed by atoms with Gasteiger partial charge in [-0.05, 0) is 6.42 Å². The molecule has 2 nitrogen and oxygen atoms in total. The first-order chi connectivity index (χ1) is 4.30. The second kappa shape index (κ2) is 5.48. The molecule has 0 aromatic rings. The SMILES string of the molecule is CN1CCCC1=O.[Cl][Hg]. The summed E-state index contributed by atoms with van der Waals surface area (Å²) in [5, 5.41) is 0. The molecule has 4 heteroatoms. The van der Waals surface area contributed by atoms with Crippen LogP contribution in [0.5, 0.6) is 0 Å². The van der Waals surface area contributed by atoms with E-state index >= 15 is 0 Å². The molecule has 0 atom stereocenters. The van der Waals surface area contributed by atoms with Crippen LogP contribution in [-0.4, -0.2) is 24.4 Å². The van der Waals surface area contributed by atoms with Crippen molar-refractivity contribution in [1.82, 2.24) is 4.90 Å². The Hall–Kier alpha value is 0.695. The minimum absolute atomic E-state index is 0.292. The first kappa shape index (κ1) is 9.70. The molecule has 1 fully saturated rings. The average Bonchev–Trinajstić information content (AvgIpc) is 2.23. The Morgan fingerprint density at radius 3 is 2.33 bits per heavy atom. The second-order valence-corrected chi connectivity index (χ2v) is 1.92. The standard InChI is InChI=1S/C5H9NO.ClH.Hg/c1-6-4-2-3-5(6)7;;/h2-4H2,1H3;1H;/q;;+1/p-1. The van der Waals surface area contributed by atoms with Crippen LogP contribution in [0.1, 0.15) is 12.8 Å². The third-order valence-electron chi connectivity index (χ3n) is 1.31. The molecular formula is C5H9ClHgNO. The van der Waals surface area contributed by atoms with Gasteiger partial charge < -0.3 is 4.90 Å². The first-order valence-corrected chi connectivity index (χ1v) is 9.58. The summed E-state index contributed by atoms with van der Waals surface area (Å²) in [7, 11) is 6.68. The Kier molecular flexibility index (Phi) is 5.90. The molecule has 0 aromatic carbocycles. The van der Waals surface area contributed by atoms with E-state index in [9.17, 15) is 4.79 Å². The van der Waals surface area contributed by atoms with E-state index in [1.807, 2.05) is 7.05 Å². The van der Waals surface area contributed by atoms with Crippen LogP contribution in [0, 0.1) is 0 Å².